The Morgan fingerprint density at radius 3 is 1.77 bits per heavy atom. The van der Waals surface area contributed by atoms with Crippen LogP contribution in [0, 0.1) is 0 Å². The SMILES string of the molecule is Nc1ccc(C(=O)Nc2ncnc(NC(=O)c3ccc(O)cc3)n2)cc1. The number of benzene rings is 2. The van der Waals surface area contributed by atoms with Crippen LogP contribution < -0.4 is 16.4 Å². The number of nitrogen functional groups attached to an aromatic ring is 1. The Morgan fingerprint density at radius 1 is 0.808 bits per heavy atom. The van der Waals surface area contributed by atoms with Gasteiger partial charge >= 0.3 is 0 Å². The molecular formula is C17H14N6O3. The topological polar surface area (TPSA) is 143 Å². The Labute approximate surface area is 147 Å². The Morgan fingerprint density at radius 2 is 1.27 bits per heavy atom. The second-order valence-corrected chi connectivity index (χ2v) is 5.21. The molecule has 0 aliphatic carbocycles. The van der Waals surface area contributed by atoms with Gasteiger partial charge in [-0.15, -0.1) is 0 Å². The normalized spacial score (nSPS) is 10.2. The number of aromatic hydroxyl groups is 1. The van der Waals surface area contributed by atoms with Crippen LogP contribution in [-0.4, -0.2) is 31.9 Å². The molecule has 3 aromatic rings. The molecule has 1 heterocycles. The third kappa shape index (κ3) is 4.09. The summed E-state index contributed by atoms with van der Waals surface area (Å²) < 4.78 is 0. The van der Waals surface area contributed by atoms with Gasteiger partial charge in [0.1, 0.15) is 12.1 Å². The van der Waals surface area contributed by atoms with Crippen LogP contribution in [0.5, 0.6) is 5.75 Å². The number of hydrogen-bond acceptors (Lipinski definition) is 7. The molecule has 0 radical (unpaired) electrons. The number of carbonyl (C=O) groups is 2. The van der Waals surface area contributed by atoms with Crippen LogP contribution in [0.15, 0.2) is 54.9 Å². The van der Waals surface area contributed by atoms with E-state index < -0.39 is 11.8 Å². The lowest BCUT2D eigenvalue weighted by molar-refractivity contribution is 0.101. The van der Waals surface area contributed by atoms with Gasteiger partial charge in [0.15, 0.2) is 0 Å². The lowest BCUT2D eigenvalue weighted by Crippen LogP contribution is -2.17. The fraction of sp³-hybridized carbons (Fsp3) is 0. The molecule has 0 spiro atoms. The molecule has 0 fully saturated rings. The molecule has 0 atom stereocenters. The summed E-state index contributed by atoms with van der Waals surface area (Å²) in [4.78, 5) is 35.9. The van der Waals surface area contributed by atoms with Gasteiger partial charge in [0.25, 0.3) is 11.8 Å². The molecule has 3 rings (SSSR count). The molecule has 5 N–H and O–H groups in total. The molecule has 9 heteroatoms. The fourth-order valence-corrected chi connectivity index (χ4v) is 2.01. The van der Waals surface area contributed by atoms with Crippen molar-refractivity contribution in [2.45, 2.75) is 0 Å². The number of aromatic nitrogens is 3. The number of anilines is 3. The molecule has 1 aromatic heterocycles. The van der Waals surface area contributed by atoms with E-state index in [0.29, 0.717) is 16.8 Å². The molecule has 0 bridgehead atoms. The maximum absolute atomic E-state index is 12.1. The first-order valence-corrected chi connectivity index (χ1v) is 7.47. The highest BCUT2D eigenvalue weighted by molar-refractivity contribution is 6.04. The lowest BCUT2D eigenvalue weighted by atomic mass is 10.2. The monoisotopic (exact) mass is 350 g/mol. The van der Waals surface area contributed by atoms with Crippen molar-refractivity contribution in [3.05, 3.63) is 66.0 Å². The standard InChI is InChI=1S/C17H14N6O3/c18-12-5-1-10(2-6-12)14(25)21-16-19-9-20-17(23-16)22-15(26)11-3-7-13(24)8-4-11/h1-9,24H,18H2,(H2,19,20,21,22,23,25,26). The van der Waals surface area contributed by atoms with Crippen LogP contribution in [0.2, 0.25) is 0 Å². The number of amides is 2. The highest BCUT2D eigenvalue weighted by Crippen LogP contribution is 2.12. The van der Waals surface area contributed by atoms with Crippen molar-refractivity contribution in [2.75, 3.05) is 16.4 Å². The molecule has 0 aliphatic heterocycles. The van der Waals surface area contributed by atoms with Crippen molar-refractivity contribution in [2.24, 2.45) is 0 Å². The minimum atomic E-state index is -0.466. The summed E-state index contributed by atoms with van der Waals surface area (Å²) in [7, 11) is 0. The highest BCUT2D eigenvalue weighted by atomic mass is 16.3. The summed E-state index contributed by atoms with van der Waals surface area (Å²) in [5.41, 5.74) is 6.82. The largest absolute Gasteiger partial charge is 0.508 e. The maximum atomic E-state index is 12.1. The summed E-state index contributed by atoms with van der Waals surface area (Å²) in [5, 5.41) is 14.2. The van der Waals surface area contributed by atoms with Gasteiger partial charge in [0, 0.05) is 16.8 Å². The highest BCUT2D eigenvalue weighted by Gasteiger charge is 2.11. The molecule has 2 aromatic carbocycles. The number of nitrogens with two attached hydrogens (primary N) is 1. The Balaban J connectivity index is 1.69. The average molecular weight is 350 g/mol. The maximum Gasteiger partial charge on any atom is 0.258 e. The minimum absolute atomic E-state index is 0.0113. The second-order valence-electron chi connectivity index (χ2n) is 5.21. The predicted octanol–water partition coefficient (Wildman–Crippen LogP) is 1.66. The summed E-state index contributed by atoms with van der Waals surface area (Å²) in [6.07, 6.45) is 1.16. The summed E-state index contributed by atoms with van der Waals surface area (Å²) in [6.45, 7) is 0. The van der Waals surface area contributed by atoms with E-state index in [1.807, 2.05) is 0 Å². The van der Waals surface area contributed by atoms with Gasteiger partial charge in [0.2, 0.25) is 11.9 Å². The van der Waals surface area contributed by atoms with Crippen molar-refractivity contribution >= 4 is 29.4 Å². The van der Waals surface area contributed by atoms with Crippen LogP contribution in [0.1, 0.15) is 20.7 Å². The van der Waals surface area contributed by atoms with Crippen LogP contribution in [-0.2, 0) is 0 Å². The van der Waals surface area contributed by atoms with E-state index in [9.17, 15) is 14.7 Å². The quantitative estimate of drug-likeness (QED) is 0.524. The van der Waals surface area contributed by atoms with E-state index in [1.54, 1.807) is 24.3 Å². The van der Waals surface area contributed by atoms with Gasteiger partial charge in [-0.25, -0.2) is 9.97 Å². The lowest BCUT2D eigenvalue weighted by Gasteiger charge is -2.06. The van der Waals surface area contributed by atoms with Crippen LogP contribution in [0.3, 0.4) is 0 Å². The average Bonchev–Trinajstić information content (AvgIpc) is 2.63. The van der Waals surface area contributed by atoms with E-state index in [4.69, 9.17) is 5.73 Å². The molecule has 2 amide bonds. The van der Waals surface area contributed by atoms with Crippen molar-refractivity contribution in [1.82, 2.24) is 15.0 Å². The smallest absolute Gasteiger partial charge is 0.258 e. The first-order chi connectivity index (χ1) is 12.5. The third-order valence-corrected chi connectivity index (χ3v) is 3.32. The van der Waals surface area contributed by atoms with Crippen molar-refractivity contribution < 1.29 is 14.7 Å². The van der Waals surface area contributed by atoms with Gasteiger partial charge in [0.05, 0.1) is 0 Å². The van der Waals surface area contributed by atoms with E-state index >= 15 is 0 Å². The molecule has 0 saturated heterocycles. The van der Waals surface area contributed by atoms with E-state index in [1.165, 1.54) is 24.3 Å². The first-order valence-electron chi connectivity index (χ1n) is 7.47. The van der Waals surface area contributed by atoms with Gasteiger partial charge in [-0.1, -0.05) is 0 Å². The summed E-state index contributed by atoms with van der Waals surface area (Å²) in [6, 6.07) is 12.0. The van der Waals surface area contributed by atoms with E-state index in [-0.39, 0.29) is 17.6 Å². The molecule has 26 heavy (non-hydrogen) atoms. The summed E-state index contributed by atoms with van der Waals surface area (Å²) >= 11 is 0. The van der Waals surface area contributed by atoms with Crippen molar-refractivity contribution in [3.63, 3.8) is 0 Å². The Hall–Kier alpha value is -4.01. The zero-order valence-corrected chi connectivity index (χ0v) is 13.4. The van der Waals surface area contributed by atoms with Crippen LogP contribution in [0.25, 0.3) is 0 Å². The van der Waals surface area contributed by atoms with Crippen molar-refractivity contribution in [1.29, 1.82) is 0 Å². The second kappa shape index (κ2) is 7.26. The zero-order chi connectivity index (χ0) is 18.5. The first kappa shape index (κ1) is 16.8. The third-order valence-electron chi connectivity index (χ3n) is 3.32. The van der Waals surface area contributed by atoms with Gasteiger partial charge in [-0.05, 0) is 48.5 Å². The number of rotatable bonds is 4. The van der Waals surface area contributed by atoms with Gasteiger partial charge < -0.3 is 10.8 Å². The number of phenolic OH excluding ortho intramolecular Hbond substituents is 1. The number of nitrogens with zero attached hydrogens (tertiary/aromatic N) is 3. The Bertz CT molecular complexity index is 867. The number of phenols is 1. The van der Waals surface area contributed by atoms with Crippen LogP contribution >= 0.6 is 0 Å². The number of carbonyl (C=O) groups excluding carboxylic acids is 2. The minimum Gasteiger partial charge on any atom is -0.508 e. The van der Waals surface area contributed by atoms with Crippen molar-refractivity contribution in [3.8, 4) is 5.75 Å². The van der Waals surface area contributed by atoms with Gasteiger partial charge in [-0.3, -0.25) is 20.2 Å². The molecule has 0 unspecified atom stereocenters. The Kier molecular flexibility index (Phi) is 4.70. The van der Waals surface area contributed by atoms with E-state index in [2.05, 4.69) is 25.6 Å². The van der Waals surface area contributed by atoms with E-state index in [0.717, 1.165) is 6.33 Å². The molecule has 0 saturated carbocycles. The predicted molar refractivity (Wildman–Crippen MR) is 94.7 cm³/mol. The molecule has 0 aliphatic rings. The fourth-order valence-electron chi connectivity index (χ4n) is 2.01. The van der Waals surface area contributed by atoms with Gasteiger partial charge in [-0.2, -0.15) is 4.98 Å². The molecule has 9 nitrogen and oxygen atoms in total. The number of hydrogen-bond donors (Lipinski definition) is 4. The zero-order valence-electron chi connectivity index (χ0n) is 13.4. The van der Waals surface area contributed by atoms with Crippen LogP contribution in [0.4, 0.5) is 17.6 Å². The number of nitrogens with one attached hydrogen (secondary N) is 2. The molecular weight excluding hydrogens is 336 g/mol. The molecule has 130 valence electrons. The summed E-state index contributed by atoms with van der Waals surface area (Å²) in [5.74, 6) is -0.873.